The first-order valence-electron chi connectivity index (χ1n) is 7.50. The maximum atomic E-state index is 6.22. The zero-order chi connectivity index (χ0) is 15.0. The van der Waals surface area contributed by atoms with Gasteiger partial charge in [0.1, 0.15) is 5.02 Å². The summed E-state index contributed by atoms with van der Waals surface area (Å²) in [6.07, 6.45) is 4.17. The molecule has 1 heterocycles. The van der Waals surface area contributed by atoms with Crippen LogP contribution in [-0.2, 0) is 6.54 Å². The quantitative estimate of drug-likeness (QED) is 0.738. The van der Waals surface area contributed by atoms with Crippen LogP contribution in [0.4, 0.5) is 0 Å². The predicted octanol–water partition coefficient (Wildman–Crippen LogP) is 4.30. The minimum absolute atomic E-state index is 0.533. The van der Waals surface area contributed by atoms with Crippen LogP contribution in [-0.4, -0.2) is 18.1 Å². The fourth-order valence-electron chi connectivity index (χ4n) is 1.97. The van der Waals surface area contributed by atoms with Gasteiger partial charge in [0.2, 0.25) is 5.88 Å². The standard InChI is InChI=1S/C16H27ClN2O/c1-5-6-13(4)11-20-16-15(17)7-14(10-19-16)9-18-8-12(2)3/h7,10,12-13,18H,5-6,8-9,11H2,1-4H3. The number of halogens is 1. The number of nitrogens with one attached hydrogen (secondary N) is 1. The minimum atomic E-state index is 0.533. The SMILES string of the molecule is CCCC(C)COc1ncc(CNCC(C)C)cc1Cl. The molecule has 0 radical (unpaired) electrons. The summed E-state index contributed by atoms with van der Waals surface area (Å²) >= 11 is 6.22. The van der Waals surface area contributed by atoms with E-state index in [1.807, 2.05) is 12.3 Å². The van der Waals surface area contributed by atoms with E-state index in [0.29, 0.717) is 29.3 Å². The molecule has 1 aromatic heterocycles. The van der Waals surface area contributed by atoms with Crippen LogP contribution in [0.3, 0.4) is 0 Å². The summed E-state index contributed by atoms with van der Waals surface area (Å²) in [5.74, 6) is 1.72. The van der Waals surface area contributed by atoms with Gasteiger partial charge in [-0.15, -0.1) is 0 Å². The number of hydrogen-bond donors (Lipinski definition) is 1. The van der Waals surface area contributed by atoms with Crippen LogP contribution in [0.5, 0.6) is 5.88 Å². The number of aromatic nitrogens is 1. The van der Waals surface area contributed by atoms with Gasteiger partial charge in [0.15, 0.2) is 0 Å². The van der Waals surface area contributed by atoms with Gasteiger partial charge in [-0.3, -0.25) is 0 Å². The molecule has 1 rings (SSSR count). The summed E-state index contributed by atoms with van der Waals surface area (Å²) in [6.45, 7) is 11.2. The first-order chi connectivity index (χ1) is 9.52. The molecule has 114 valence electrons. The molecular weight excluding hydrogens is 272 g/mol. The molecule has 0 saturated heterocycles. The molecule has 3 nitrogen and oxygen atoms in total. The summed E-state index contributed by atoms with van der Waals surface area (Å²) in [5.41, 5.74) is 1.09. The number of rotatable bonds is 9. The van der Waals surface area contributed by atoms with Gasteiger partial charge in [-0.05, 0) is 36.4 Å². The topological polar surface area (TPSA) is 34.1 Å². The number of hydrogen-bond acceptors (Lipinski definition) is 3. The minimum Gasteiger partial charge on any atom is -0.476 e. The van der Waals surface area contributed by atoms with Crippen molar-refractivity contribution in [1.29, 1.82) is 0 Å². The second-order valence-electron chi connectivity index (χ2n) is 5.86. The average molecular weight is 299 g/mol. The van der Waals surface area contributed by atoms with E-state index in [1.165, 1.54) is 6.42 Å². The molecule has 0 aliphatic rings. The molecule has 20 heavy (non-hydrogen) atoms. The largest absolute Gasteiger partial charge is 0.476 e. The molecule has 0 spiro atoms. The van der Waals surface area contributed by atoms with Crippen molar-refractivity contribution in [3.63, 3.8) is 0 Å². The zero-order valence-corrected chi connectivity index (χ0v) is 13.8. The maximum absolute atomic E-state index is 6.22. The Balaban J connectivity index is 2.46. The normalized spacial score (nSPS) is 12.7. The van der Waals surface area contributed by atoms with Crippen LogP contribution < -0.4 is 10.1 Å². The van der Waals surface area contributed by atoms with Crippen molar-refractivity contribution in [2.24, 2.45) is 11.8 Å². The van der Waals surface area contributed by atoms with Gasteiger partial charge in [0.05, 0.1) is 6.61 Å². The summed E-state index contributed by atoms with van der Waals surface area (Å²) in [7, 11) is 0. The Morgan fingerprint density at radius 2 is 2.10 bits per heavy atom. The van der Waals surface area contributed by atoms with Crippen LogP contribution in [0.1, 0.15) is 46.1 Å². The van der Waals surface area contributed by atoms with Crippen molar-refractivity contribution in [3.8, 4) is 5.88 Å². The third-order valence-electron chi connectivity index (χ3n) is 3.03. The highest BCUT2D eigenvalue weighted by Gasteiger charge is 2.08. The van der Waals surface area contributed by atoms with Gasteiger partial charge in [0, 0.05) is 12.7 Å². The van der Waals surface area contributed by atoms with Crippen LogP contribution in [0.25, 0.3) is 0 Å². The van der Waals surface area contributed by atoms with Gasteiger partial charge in [-0.1, -0.05) is 45.7 Å². The van der Waals surface area contributed by atoms with E-state index >= 15 is 0 Å². The average Bonchev–Trinajstić information content (AvgIpc) is 2.37. The molecule has 0 saturated carbocycles. The lowest BCUT2D eigenvalue weighted by atomic mass is 10.1. The van der Waals surface area contributed by atoms with E-state index in [0.717, 1.165) is 25.1 Å². The second-order valence-corrected chi connectivity index (χ2v) is 6.27. The van der Waals surface area contributed by atoms with E-state index in [2.05, 4.69) is 38.0 Å². The summed E-state index contributed by atoms with van der Waals surface area (Å²) in [4.78, 5) is 4.31. The molecule has 0 aliphatic heterocycles. The molecule has 0 bridgehead atoms. The first kappa shape index (κ1) is 17.3. The Morgan fingerprint density at radius 1 is 1.35 bits per heavy atom. The number of ether oxygens (including phenoxy) is 1. The van der Waals surface area contributed by atoms with Crippen molar-refractivity contribution in [3.05, 3.63) is 22.8 Å². The molecule has 1 aromatic rings. The molecule has 0 aliphatic carbocycles. The van der Waals surface area contributed by atoms with E-state index in [1.54, 1.807) is 0 Å². The lowest BCUT2D eigenvalue weighted by Crippen LogP contribution is -2.19. The zero-order valence-electron chi connectivity index (χ0n) is 13.1. The summed E-state index contributed by atoms with van der Waals surface area (Å²) < 4.78 is 5.69. The van der Waals surface area contributed by atoms with Crippen molar-refractivity contribution in [1.82, 2.24) is 10.3 Å². The van der Waals surface area contributed by atoms with Crippen LogP contribution >= 0.6 is 11.6 Å². The van der Waals surface area contributed by atoms with E-state index in [9.17, 15) is 0 Å². The summed E-state index contributed by atoms with van der Waals surface area (Å²) in [5, 5.41) is 3.97. The third kappa shape index (κ3) is 6.58. The van der Waals surface area contributed by atoms with Crippen LogP contribution in [0.2, 0.25) is 5.02 Å². The lowest BCUT2D eigenvalue weighted by molar-refractivity contribution is 0.243. The Bertz CT molecular complexity index is 396. The number of nitrogens with zero attached hydrogens (tertiary/aromatic N) is 1. The van der Waals surface area contributed by atoms with Gasteiger partial charge < -0.3 is 10.1 Å². The van der Waals surface area contributed by atoms with Crippen molar-refractivity contribution < 1.29 is 4.74 Å². The summed E-state index contributed by atoms with van der Waals surface area (Å²) in [6, 6.07) is 1.93. The van der Waals surface area contributed by atoms with E-state index in [4.69, 9.17) is 16.3 Å². The maximum Gasteiger partial charge on any atom is 0.232 e. The predicted molar refractivity (Wildman–Crippen MR) is 85.4 cm³/mol. The Hall–Kier alpha value is -0.800. The van der Waals surface area contributed by atoms with Gasteiger partial charge in [0.25, 0.3) is 0 Å². The van der Waals surface area contributed by atoms with Gasteiger partial charge in [-0.25, -0.2) is 4.98 Å². The molecule has 1 unspecified atom stereocenters. The van der Waals surface area contributed by atoms with Gasteiger partial charge in [-0.2, -0.15) is 0 Å². The van der Waals surface area contributed by atoms with Crippen molar-refractivity contribution in [2.45, 2.75) is 47.1 Å². The van der Waals surface area contributed by atoms with Gasteiger partial charge >= 0.3 is 0 Å². The molecule has 0 amide bonds. The highest BCUT2D eigenvalue weighted by molar-refractivity contribution is 6.31. The molecule has 4 heteroatoms. The fraction of sp³-hybridized carbons (Fsp3) is 0.688. The van der Waals surface area contributed by atoms with Crippen LogP contribution in [0, 0.1) is 11.8 Å². The molecule has 1 N–H and O–H groups in total. The first-order valence-corrected chi connectivity index (χ1v) is 7.88. The second kappa shape index (κ2) is 9.19. The van der Waals surface area contributed by atoms with Crippen molar-refractivity contribution >= 4 is 11.6 Å². The van der Waals surface area contributed by atoms with Crippen molar-refractivity contribution in [2.75, 3.05) is 13.2 Å². The Morgan fingerprint density at radius 3 is 2.70 bits per heavy atom. The lowest BCUT2D eigenvalue weighted by Gasteiger charge is -2.13. The highest BCUT2D eigenvalue weighted by atomic mass is 35.5. The number of pyridine rings is 1. The fourth-order valence-corrected chi connectivity index (χ4v) is 2.21. The molecule has 0 fully saturated rings. The monoisotopic (exact) mass is 298 g/mol. The molecular formula is C16H27ClN2O. The smallest absolute Gasteiger partial charge is 0.232 e. The van der Waals surface area contributed by atoms with Crippen LogP contribution in [0.15, 0.2) is 12.3 Å². The molecule has 1 atom stereocenters. The Kier molecular flexibility index (Phi) is 7.93. The Labute approximate surface area is 128 Å². The van der Waals surface area contributed by atoms with E-state index < -0.39 is 0 Å². The van der Waals surface area contributed by atoms with E-state index in [-0.39, 0.29) is 0 Å². The highest BCUT2D eigenvalue weighted by Crippen LogP contribution is 2.23. The third-order valence-corrected chi connectivity index (χ3v) is 3.30. The molecule has 0 aromatic carbocycles.